The van der Waals surface area contributed by atoms with Gasteiger partial charge in [0.1, 0.15) is 5.60 Å². The number of carbonyl (C=O) groups is 2. The molecule has 1 saturated heterocycles. The highest BCUT2D eigenvalue weighted by atomic mass is 16.6. The van der Waals surface area contributed by atoms with Crippen molar-refractivity contribution in [1.29, 1.82) is 0 Å². The van der Waals surface area contributed by atoms with Crippen LogP contribution in [-0.4, -0.2) is 40.8 Å². The molecule has 0 radical (unpaired) electrons. The number of carboxylic acids is 1. The van der Waals surface area contributed by atoms with E-state index in [-0.39, 0.29) is 17.9 Å². The molecule has 2 atom stereocenters. The molecule has 1 fully saturated rings. The summed E-state index contributed by atoms with van der Waals surface area (Å²) in [6.07, 6.45) is 1.93. The molecule has 0 bridgehead atoms. The summed E-state index contributed by atoms with van der Waals surface area (Å²) in [5.74, 6) is -1.05. The van der Waals surface area contributed by atoms with Crippen molar-refractivity contribution in [3.63, 3.8) is 0 Å². The molecule has 0 aromatic rings. The molecule has 0 aromatic carbocycles. The minimum atomic E-state index is -0.748. The number of nitrogens with zero attached hydrogens (tertiary/aromatic N) is 1. The average molecular weight is 271 g/mol. The van der Waals surface area contributed by atoms with E-state index in [1.165, 1.54) is 0 Å². The van der Waals surface area contributed by atoms with Crippen molar-refractivity contribution < 1.29 is 19.4 Å². The van der Waals surface area contributed by atoms with Crippen LogP contribution in [0.4, 0.5) is 4.79 Å². The number of rotatable bonds is 3. The van der Waals surface area contributed by atoms with Crippen LogP contribution >= 0.6 is 0 Å². The van der Waals surface area contributed by atoms with Crippen molar-refractivity contribution in [2.75, 3.05) is 13.1 Å². The van der Waals surface area contributed by atoms with Crippen LogP contribution in [0.2, 0.25) is 0 Å². The van der Waals surface area contributed by atoms with Gasteiger partial charge in [-0.15, -0.1) is 0 Å². The standard InChI is InChI=1S/C14H25NO4/c1-5-6-10-9-15(8-7-11(10)12(16)17)13(18)19-14(2,3)4/h10-11H,5-9H2,1-4H3,(H,16,17). The Morgan fingerprint density at radius 2 is 2.00 bits per heavy atom. The first-order chi connectivity index (χ1) is 8.74. The third-order valence-electron chi connectivity index (χ3n) is 3.36. The fourth-order valence-electron chi connectivity index (χ4n) is 2.51. The molecule has 1 aliphatic rings. The topological polar surface area (TPSA) is 66.8 Å². The predicted molar refractivity (Wildman–Crippen MR) is 71.9 cm³/mol. The van der Waals surface area contributed by atoms with E-state index in [1.807, 2.05) is 27.7 Å². The van der Waals surface area contributed by atoms with Crippen molar-refractivity contribution in [3.05, 3.63) is 0 Å². The quantitative estimate of drug-likeness (QED) is 0.857. The highest BCUT2D eigenvalue weighted by Gasteiger charge is 2.36. The van der Waals surface area contributed by atoms with E-state index in [9.17, 15) is 14.7 Å². The zero-order valence-electron chi connectivity index (χ0n) is 12.3. The summed E-state index contributed by atoms with van der Waals surface area (Å²) in [4.78, 5) is 24.9. The Hall–Kier alpha value is -1.26. The third kappa shape index (κ3) is 4.73. The van der Waals surface area contributed by atoms with Crippen LogP contribution in [0, 0.1) is 11.8 Å². The van der Waals surface area contributed by atoms with Gasteiger partial charge in [0, 0.05) is 13.1 Å². The van der Waals surface area contributed by atoms with Crippen LogP contribution in [0.15, 0.2) is 0 Å². The molecule has 1 rings (SSSR count). The molecule has 5 heteroatoms. The summed E-state index contributed by atoms with van der Waals surface area (Å²) >= 11 is 0. The Bertz CT molecular complexity index is 335. The normalized spacial score (nSPS) is 24.1. The Morgan fingerprint density at radius 3 is 2.47 bits per heavy atom. The molecule has 1 aliphatic heterocycles. The van der Waals surface area contributed by atoms with Gasteiger partial charge in [0.05, 0.1) is 5.92 Å². The lowest BCUT2D eigenvalue weighted by Crippen LogP contribution is -2.47. The second-order valence-electron chi connectivity index (χ2n) is 6.21. The molecule has 0 spiro atoms. The van der Waals surface area contributed by atoms with Crippen LogP contribution < -0.4 is 0 Å². The molecule has 1 amide bonds. The number of ether oxygens (including phenoxy) is 1. The van der Waals surface area contributed by atoms with Crippen molar-refractivity contribution in [2.24, 2.45) is 11.8 Å². The second kappa shape index (κ2) is 6.26. The number of carboxylic acid groups (broad SMARTS) is 1. The number of aliphatic carboxylic acids is 1. The molecule has 0 saturated carbocycles. The average Bonchev–Trinajstić information content (AvgIpc) is 2.26. The zero-order chi connectivity index (χ0) is 14.6. The van der Waals surface area contributed by atoms with Gasteiger partial charge in [-0.25, -0.2) is 4.79 Å². The Labute approximate surface area is 114 Å². The van der Waals surface area contributed by atoms with Crippen molar-refractivity contribution in [2.45, 2.75) is 52.6 Å². The summed E-state index contributed by atoms with van der Waals surface area (Å²) in [5, 5.41) is 9.21. The number of likely N-dealkylation sites (tertiary alicyclic amines) is 1. The highest BCUT2D eigenvalue weighted by molar-refractivity contribution is 5.72. The SMILES string of the molecule is CCCC1CN(C(=O)OC(C)(C)C)CCC1C(=O)O. The van der Waals surface area contributed by atoms with Crippen LogP contribution in [0.5, 0.6) is 0 Å². The van der Waals surface area contributed by atoms with Gasteiger partial charge in [-0.3, -0.25) is 4.79 Å². The lowest BCUT2D eigenvalue weighted by Gasteiger charge is -2.37. The van der Waals surface area contributed by atoms with E-state index < -0.39 is 11.6 Å². The Morgan fingerprint density at radius 1 is 1.37 bits per heavy atom. The smallest absolute Gasteiger partial charge is 0.410 e. The van der Waals surface area contributed by atoms with Crippen LogP contribution in [-0.2, 0) is 9.53 Å². The van der Waals surface area contributed by atoms with Gasteiger partial charge in [-0.05, 0) is 39.5 Å². The van der Waals surface area contributed by atoms with E-state index in [4.69, 9.17) is 4.74 Å². The molecule has 0 aromatic heterocycles. The monoisotopic (exact) mass is 271 g/mol. The maximum absolute atomic E-state index is 12.0. The first kappa shape index (κ1) is 15.8. The molecule has 0 aliphatic carbocycles. The first-order valence-corrected chi connectivity index (χ1v) is 6.95. The Balaban J connectivity index is 2.65. The maximum Gasteiger partial charge on any atom is 0.410 e. The molecule has 1 N–H and O–H groups in total. The summed E-state index contributed by atoms with van der Waals surface area (Å²) in [6.45, 7) is 8.48. The number of hydrogen-bond acceptors (Lipinski definition) is 3. The second-order valence-corrected chi connectivity index (χ2v) is 6.21. The van der Waals surface area contributed by atoms with Crippen molar-refractivity contribution in [1.82, 2.24) is 4.90 Å². The zero-order valence-corrected chi connectivity index (χ0v) is 12.3. The first-order valence-electron chi connectivity index (χ1n) is 6.95. The summed E-state index contributed by atoms with van der Waals surface area (Å²) < 4.78 is 5.34. The van der Waals surface area contributed by atoms with E-state index in [0.29, 0.717) is 19.5 Å². The van der Waals surface area contributed by atoms with Gasteiger partial charge in [-0.1, -0.05) is 13.3 Å². The van der Waals surface area contributed by atoms with Gasteiger partial charge in [-0.2, -0.15) is 0 Å². The van der Waals surface area contributed by atoms with Crippen molar-refractivity contribution >= 4 is 12.1 Å². The van der Waals surface area contributed by atoms with E-state index in [0.717, 1.165) is 12.8 Å². The predicted octanol–water partition coefficient (Wildman–Crippen LogP) is 2.74. The minimum Gasteiger partial charge on any atom is -0.481 e. The van der Waals surface area contributed by atoms with Gasteiger partial charge < -0.3 is 14.7 Å². The molecule has 19 heavy (non-hydrogen) atoms. The third-order valence-corrected chi connectivity index (χ3v) is 3.36. The largest absolute Gasteiger partial charge is 0.481 e. The van der Waals surface area contributed by atoms with Gasteiger partial charge in [0.25, 0.3) is 0 Å². The van der Waals surface area contributed by atoms with Crippen molar-refractivity contribution in [3.8, 4) is 0 Å². The van der Waals surface area contributed by atoms with Crippen LogP contribution in [0.3, 0.4) is 0 Å². The van der Waals surface area contributed by atoms with Crippen LogP contribution in [0.25, 0.3) is 0 Å². The summed E-state index contributed by atoms with van der Waals surface area (Å²) in [5.41, 5.74) is -0.513. The molecule has 110 valence electrons. The van der Waals surface area contributed by atoms with E-state index >= 15 is 0 Å². The molecular formula is C14H25NO4. The number of piperidine rings is 1. The maximum atomic E-state index is 12.0. The molecule has 2 unspecified atom stereocenters. The fourth-order valence-corrected chi connectivity index (χ4v) is 2.51. The minimum absolute atomic E-state index is 0.0313. The highest BCUT2D eigenvalue weighted by Crippen LogP contribution is 2.28. The number of carbonyl (C=O) groups excluding carboxylic acids is 1. The van der Waals surface area contributed by atoms with E-state index in [2.05, 4.69) is 0 Å². The van der Waals surface area contributed by atoms with Crippen LogP contribution in [0.1, 0.15) is 47.0 Å². The van der Waals surface area contributed by atoms with E-state index in [1.54, 1.807) is 4.90 Å². The van der Waals surface area contributed by atoms with Gasteiger partial charge in [0.15, 0.2) is 0 Å². The molecular weight excluding hydrogens is 246 g/mol. The number of hydrogen-bond donors (Lipinski definition) is 1. The Kier molecular flexibility index (Phi) is 5.20. The number of amides is 1. The molecule has 5 nitrogen and oxygen atoms in total. The lowest BCUT2D eigenvalue weighted by atomic mass is 9.83. The van der Waals surface area contributed by atoms with Gasteiger partial charge in [0.2, 0.25) is 0 Å². The fraction of sp³-hybridized carbons (Fsp3) is 0.857. The summed E-state index contributed by atoms with van der Waals surface area (Å²) in [6, 6.07) is 0. The summed E-state index contributed by atoms with van der Waals surface area (Å²) in [7, 11) is 0. The van der Waals surface area contributed by atoms with Gasteiger partial charge >= 0.3 is 12.1 Å². The molecule has 1 heterocycles. The lowest BCUT2D eigenvalue weighted by molar-refractivity contribution is -0.145.